The number of hydrogen-bond acceptors (Lipinski definition) is 1. The number of nitrogens with zero attached hydrogens (tertiary/aromatic N) is 2. The molecule has 0 N–H and O–H groups in total. The SMILES string of the molecule is c1ccc(-c2cccc(-c3cccc(N(c4c(-c5ccccc5)cccc4-c4ccccc4)c4ccc5ccc6c(-n7c8ccccc8c8ccccc87)ccc7ccc4c5c76)c3)c2)cc1. The Morgan fingerprint density at radius 1 is 0.288 bits per heavy atom. The third-order valence-electron chi connectivity index (χ3n) is 13.5. The summed E-state index contributed by atoms with van der Waals surface area (Å²) in [5, 5.41) is 9.94. The maximum Gasteiger partial charge on any atom is 0.0618 e. The molecule has 1 heterocycles. The van der Waals surface area contributed by atoms with E-state index in [1.807, 2.05) is 0 Å². The lowest BCUT2D eigenvalue weighted by Gasteiger charge is -2.32. The van der Waals surface area contributed by atoms with Gasteiger partial charge in [0, 0.05) is 38.4 Å². The van der Waals surface area contributed by atoms with E-state index < -0.39 is 0 Å². The zero-order valence-corrected chi connectivity index (χ0v) is 36.1. The van der Waals surface area contributed by atoms with Crippen LogP contribution in [-0.2, 0) is 0 Å². The van der Waals surface area contributed by atoms with Gasteiger partial charge in [0.15, 0.2) is 0 Å². The molecule has 1 aromatic heterocycles. The molecule has 0 atom stereocenters. The predicted octanol–water partition coefficient (Wildman–Crippen LogP) is 17.8. The van der Waals surface area contributed by atoms with Gasteiger partial charge >= 0.3 is 0 Å². The summed E-state index contributed by atoms with van der Waals surface area (Å²) < 4.78 is 2.46. The van der Waals surface area contributed by atoms with Crippen molar-refractivity contribution in [1.29, 1.82) is 0 Å². The molecule has 0 fully saturated rings. The van der Waals surface area contributed by atoms with E-state index in [0.717, 1.165) is 44.9 Å². The second kappa shape index (κ2) is 15.5. The fourth-order valence-corrected chi connectivity index (χ4v) is 10.6. The third kappa shape index (κ3) is 6.11. The molecule has 2 nitrogen and oxygen atoms in total. The highest BCUT2D eigenvalue weighted by atomic mass is 15.1. The molecule has 0 unspecified atom stereocenters. The molecule has 13 aromatic rings. The fourth-order valence-electron chi connectivity index (χ4n) is 10.6. The lowest BCUT2D eigenvalue weighted by Crippen LogP contribution is -2.13. The summed E-state index contributed by atoms with van der Waals surface area (Å²) in [4.78, 5) is 2.54. The summed E-state index contributed by atoms with van der Waals surface area (Å²) in [5.74, 6) is 0. The van der Waals surface area contributed by atoms with Gasteiger partial charge in [-0.15, -0.1) is 0 Å². The van der Waals surface area contributed by atoms with Gasteiger partial charge in [-0.05, 0) is 97.4 Å². The van der Waals surface area contributed by atoms with Gasteiger partial charge in [0.05, 0.1) is 28.1 Å². The van der Waals surface area contributed by atoms with Crippen molar-refractivity contribution in [3.05, 3.63) is 255 Å². The summed E-state index contributed by atoms with van der Waals surface area (Å²) in [6, 6.07) is 93.4. The first-order valence-corrected chi connectivity index (χ1v) is 22.8. The van der Waals surface area contributed by atoms with Gasteiger partial charge in [0.2, 0.25) is 0 Å². The van der Waals surface area contributed by atoms with E-state index in [9.17, 15) is 0 Å². The number of benzene rings is 12. The average molecular weight is 839 g/mol. The minimum Gasteiger partial charge on any atom is -0.309 e. The van der Waals surface area contributed by atoms with Crippen molar-refractivity contribution in [3.63, 3.8) is 0 Å². The van der Waals surface area contributed by atoms with Crippen LogP contribution in [0.4, 0.5) is 17.1 Å². The smallest absolute Gasteiger partial charge is 0.0618 e. The lowest BCUT2D eigenvalue weighted by atomic mass is 9.90. The number of para-hydroxylation sites is 3. The molecular weight excluding hydrogens is 797 g/mol. The standard InChI is InChI=1S/C64H42N2/c1-4-17-43(18-5-1)48-23-14-24-49(41-48)50-25-15-26-51(42-50)65(64-52(44-19-6-2-7-20-44)29-16-30-53(64)45-21-8-3-9-22-45)60-39-35-46-34-38-57-61(40-36-47-33-37-56(60)62(46)63(47)57)66-58-31-12-10-27-54(58)55-28-11-13-32-59(55)66/h1-42H. The first-order chi connectivity index (χ1) is 32.8. The van der Waals surface area contributed by atoms with Crippen LogP contribution >= 0.6 is 0 Å². The quantitative estimate of drug-likeness (QED) is 0.138. The zero-order valence-electron chi connectivity index (χ0n) is 36.1. The second-order valence-electron chi connectivity index (χ2n) is 17.2. The Bertz CT molecular complexity index is 3810. The molecular formula is C64H42N2. The highest BCUT2D eigenvalue weighted by molar-refractivity contribution is 6.28. The minimum atomic E-state index is 1.08. The molecule has 0 saturated heterocycles. The molecule has 0 spiro atoms. The lowest BCUT2D eigenvalue weighted by molar-refractivity contribution is 1.20. The molecule has 0 aliphatic heterocycles. The molecule has 0 saturated carbocycles. The zero-order chi connectivity index (χ0) is 43.6. The monoisotopic (exact) mass is 838 g/mol. The van der Waals surface area contributed by atoms with Crippen LogP contribution in [0.5, 0.6) is 0 Å². The van der Waals surface area contributed by atoms with E-state index in [1.165, 1.54) is 76.5 Å². The summed E-state index contributed by atoms with van der Waals surface area (Å²) in [6.45, 7) is 0. The van der Waals surface area contributed by atoms with Crippen LogP contribution in [0.15, 0.2) is 255 Å². The van der Waals surface area contributed by atoms with Crippen molar-refractivity contribution >= 4 is 71.2 Å². The first-order valence-electron chi connectivity index (χ1n) is 22.8. The van der Waals surface area contributed by atoms with Crippen molar-refractivity contribution < 1.29 is 0 Å². The molecule has 0 amide bonds. The Labute approximate surface area is 383 Å². The Kier molecular flexibility index (Phi) is 8.89. The van der Waals surface area contributed by atoms with Crippen LogP contribution in [-0.4, -0.2) is 4.57 Å². The highest BCUT2D eigenvalue weighted by Crippen LogP contribution is 2.51. The summed E-state index contributed by atoms with van der Waals surface area (Å²) in [5.41, 5.74) is 16.3. The fraction of sp³-hybridized carbons (Fsp3) is 0. The van der Waals surface area contributed by atoms with Crippen LogP contribution in [0.3, 0.4) is 0 Å². The van der Waals surface area contributed by atoms with Crippen molar-refractivity contribution in [3.8, 4) is 50.2 Å². The molecule has 308 valence electrons. The van der Waals surface area contributed by atoms with Gasteiger partial charge in [0.25, 0.3) is 0 Å². The van der Waals surface area contributed by atoms with Gasteiger partial charge in [-0.1, -0.05) is 212 Å². The first kappa shape index (κ1) is 37.8. The molecule has 66 heavy (non-hydrogen) atoms. The van der Waals surface area contributed by atoms with Crippen molar-refractivity contribution in [2.75, 3.05) is 4.90 Å². The van der Waals surface area contributed by atoms with Crippen molar-refractivity contribution in [2.45, 2.75) is 0 Å². The van der Waals surface area contributed by atoms with E-state index in [0.29, 0.717) is 0 Å². The Morgan fingerprint density at radius 2 is 0.742 bits per heavy atom. The molecule has 13 rings (SSSR count). The Hall–Kier alpha value is -8.72. The number of hydrogen-bond donors (Lipinski definition) is 0. The number of rotatable bonds is 8. The maximum atomic E-state index is 2.54. The van der Waals surface area contributed by atoms with Crippen molar-refractivity contribution in [1.82, 2.24) is 4.57 Å². The molecule has 0 bridgehead atoms. The predicted molar refractivity (Wildman–Crippen MR) is 281 cm³/mol. The largest absolute Gasteiger partial charge is 0.309 e. The number of fused-ring (bicyclic) bond motifs is 3. The van der Waals surface area contributed by atoms with Gasteiger partial charge in [-0.3, -0.25) is 0 Å². The van der Waals surface area contributed by atoms with Crippen LogP contribution in [0.1, 0.15) is 0 Å². The van der Waals surface area contributed by atoms with E-state index >= 15 is 0 Å². The maximum absolute atomic E-state index is 2.54. The third-order valence-corrected chi connectivity index (χ3v) is 13.5. The molecule has 0 radical (unpaired) electrons. The number of anilines is 3. The normalized spacial score (nSPS) is 11.6. The second-order valence-corrected chi connectivity index (χ2v) is 17.2. The minimum absolute atomic E-state index is 1.08. The Balaban J connectivity index is 1.10. The molecule has 2 heteroatoms. The molecule has 12 aromatic carbocycles. The summed E-state index contributed by atoms with van der Waals surface area (Å²) >= 11 is 0. The van der Waals surface area contributed by atoms with Crippen LogP contribution in [0.25, 0.3) is 104 Å². The van der Waals surface area contributed by atoms with Crippen molar-refractivity contribution in [2.24, 2.45) is 0 Å². The summed E-state index contributed by atoms with van der Waals surface area (Å²) in [6.07, 6.45) is 0. The molecule has 0 aliphatic rings. The van der Waals surface area contributed by atoms with Crippen LogP contribution in [0, 0.1) is 0 Å². The van der Waals surface area contributed by atoms with Gasteiger partial charge in [-0.2, -0.15) is 0 Å². The van der Waals surface area contributed by atoms with Gasteiger partial charge in [0.1, 0.15) is 0 Å². The highest BCUT2D eigenvalue weighted by Gasteiger charge is 2.25. The van der Waals surface area contributed by atoms with Gasteiger partial charge < -0.3 is 9.47 Å². The number of aromatic nitrogens is 1. The van der Waals surface area contributed by atoms with Crippen LogP contribution < -0.4 is 4.90 Å². The van der Waals surface area contributed by atoms with E-state index in [4.69, 9.17) is 0 Å². The summed E-state index contributed by atoms with van der Waals surface area (Å²) in [7, 11) is 0. The average Bonchev–Trinajstić information content (AvgIpc) is 3.73. The van der Waals surface area contributed by atoms with E-state index in [-0.39, 0.29) is 0 Å². The van der Waals surface area contributed by atoms with Gasteiger partial charge in [-0.25, -0.2) is 0 Å². The molecule has 0 aliphatic carbocycles. The van der Waals surface area contributed by atoms with E-state index in [1.54, 1.807) is 0 Å². The van der Waals surface area contributed by atoms with E-state index in [2.05, 4.69) is 264 Å². The topological polar surface area (TPSA) is 8.17 Å². The van der Waals surface area contributed by atoms with Crippen LogP contribution in [0.2, 0.25) is 0 Å². The Morgan fingerprint density at radius 3 is 1.38 bits per heavy atom.